The highest BCUT2D eigenvalue weighted by atomic mass is 16.6. The zero-order chi connectivity index (χ0) is 19.1. The number of likely N-dealkylation sites (N-methyl/N-ethyl adjacent to an activating group) is 1. The molecule has 1 unspecified atom stereocenters. The van der Waals surface area contributed by atoms with E-state index < -0.39 is 4.92 Å². The third kappa shape index (κ3) is 4.93. The number of nitrogens with zero attached hydrogens (tertiary/aromatic N) is 1. The SMILES string of the molecule is COc1ccc(C[NH+](C)CC(=O)Nc2ccccc2[N+](=O)[O-])c(OC)c1. The van der Waals surface area contributed by atoms with Gasteiger partial charge in [0, 0.05) is 17.7 Å². The fourth-order valence-electron chi connectivity index (χ4n) is 2.59. The lowest BCUT2D eigenvalue weighted by Gasteiger charge is -2.16. The van der Waals surface area contributed by atoms with Gasteiger partial charge in [-0.3, -0.25) is 14.9 Å². The number of hydrogen-bond acceptors (Lipinski definition) is 5. The van der Waals surface area contributed by atoms with Gasteiger partial charge in [0.2, 0.25) is 0 Å². The molecule has 0 saturated carbocycles. The second kappa shape index (κ2) is 8.82. The van der Waals surface area contributed by atoms with E-state index in [9.17, 15) is 14.9 Å². The number of amides is 1. The summed E-state index contributed by atoms with van der Waals surface area (Å²) in [6.07, 6.45) is 0. The minimum atomic E-state index is -0.519. The molecule has 2 rings (SSSR count). The molecular formula is C18H22N3O5+. The van der Waals surface area contributed by atoms with Crippen molar-refractivity contribution in [3.63, 3.8) is 0 Å². The van der Waals surface area contributed by atoms with Gasteiger partial charge < -0.3 is 19.7 Å². The van der Waals surface area contributed by atoms with E-state index in [1.54, 1.807) is 32.4 Å². The molecule has 0 saturated heterocycles. The summed E-state index contributed by atoms with van der Waals surface area (Å²) >= 11 is 0. The Bertz CT molecular complexity index is 794. The normalized spacial score (nSPS) is 11.5. The molecule has 0 aliphatic carbocycles. The largest absolute Gasteiger partial charge is 0.497 e. The van der Waals surface area contributed by atoms with E-state index in [0.717, 1.165) is 10.5 Å². The van der Waals surface area contributed by atoms with Crippen molar-refractivity contribution < 1.29 is 24.1 Å². The number of carbonyl (C=O) groups excluding carboxylic acids is 1. The highest BCUT2D eigenvalue weighted by molar-refractivity contribution is 5.93. The molecule has 0 aliphatic heterocycles. The predicted molar refractivity (Wildman–Crippen MR) is 96.7 cm³/mol. The van der Waals surface area contributed by atoms with E-state index in [0.29, 0.717) is 18.0 Å². The van der Waals surface area contributed by atoms with Crippen LogP contribution >= 0.6 is 0 Å². The van der Waals surface area contributed by atoms with E-state index in [1.165, 1.54) is 12.1 Å². The third-order valence-electron chi connectivity index (χ3n) is 3.82. The Balaban J connectivity index is 2.01. The van der Waals surface area contributed by atoms with Crippen LogP contribution in [0.1, 0.15) is 5.56 Å². The van der Waals surface area contributed by atoms with E-state index >= 15 is 0 Å². The van der Waals surface area contributed by atoms with E-state index in [4.69, 9.17) is 9.47 Å². The summed E-state index contributed by atoms with van der Waals surface area (Å²) in [5.41, 5.74) is 0.997. The van der Waals surface area contributed by atoms with Crippen molar-refractivity contribution in [1.82, 2.24) is 0 Å². The molecule has 2 N–H and O–H groups in total. The van der Waals surface area contributed by atoms with Gasteiger partial charge in [0.25, 0.3) is 11.6 Å². The molecule has 0 spiro atoms. The monoisotopic (exact) mass is 360 g/mol. The Labute approximate surface area is 151 Å². The lowest BCUT2D eigenvalue weighted by molar-refractivity contribution is -0.885. The molecule has 138 valence electrons. The molecule has 26 heavy (non-hydrogen) atoms. The molecule has 2 aromatic carbocycles. The number of hydrogen-bond donors (Lipinski definition) is 2. The fraction of sp³-hybridized carbons (Fsp3) is 0.278. The Hall–Kier alpha value is -3.13. The maximum atomic E-state index is 12.2. The first kappa shape index (κ1) is 19.2. The maximum Gasteiger partial charge on any atom is 0.292 e. The van der Waals surface area contributed by atoms with Crippen LogP contribution in [0.2, 0.25) is 0 Å². The number of methoxy groups -OCH3 is 2. The van der Waals surface area contributed by atoms with Gasteiger partial charge in [0.1, 0.15) is 23.7 Å². The summed E-state index contributed by atoms with van der Waals surface area (Å²) in [5.74, 6) is 1.07. The third-order valence-corrected chi connectivity index (χ3v) is 3.82. The van der Waals surface area contributed by atoms with Gasteiger partial charge in [-0.15, -0.1) is 0 Å². The zero-order valence-corrected chi connectivity index (χ0v) is 14.9. The molecule has 1 amide bonds. The van der Waals surface area contributed by atoms with Gasteiger partial charge in [-0.05, 0) is 18.2 Å². The molecule has 0 radical (unpaired) electrons. The Morgan fingerprint density at radius 2 is 1.92 bits per heavy atom. The summed E-state index contributed by atoms with van der Waals surface area (Å²) in [5, 5.41) is 13.6. The van der Waals surface area contributed by atoms with Crippen LogP contribution < -0.4 is 19.7 Å². The van der Waals surface area contributed by atoms with Crippen LogP contribution in [-0.4, -0.2) is 38.6 Å². The first-order chi connectivity index (χ1) is 12.4. The summed E-state index contributed by atoms with van der Waals surface area (Å²) in [6.45, 7) is 0.707. The molecule has 2 aromatic rings. The smallest absolute Gasteiger partial charge is 0.292 e. The van der Waals surface area contributed by atoms with Crippen LogP contribution in [0.15, 0.2) is 42.5 Å². The van der Waals surface area contributed by atoms with Crippen molar-refractivity contribution in [2.45, 2.75) is 6.54 Å². The highest BCUT2D eigenvalue weighted by Crippen LogP contribution is 2.24. The number of ether oxygens (including phenoxy) is 2. The van der Waals surface area contributed by atoms with Crippen molar-refractivity contribution in [2.75, 3.05) is 33.1 Å². The molecule has 8 nitrogen and oxygen atoms in total. The van der Waals surface area contributed by atoms with Gasteiger partial charge in [-0.2, -0.15) is 0 Å². The lowest BCUT2D eigenvalue weighted by atomic mass is 10.1. The maximum absolute atomic E-state index is 12.2. The first-order valence-corrected chi connectivity index (χ1v) is 8.00. The van der Waals surface area contributed by atoms with Gasteiger partial charge in [0.15, 0.2) is 6.54 Å². The number of nitro groups is 1. The van der Waals surface area contributed by atoms with Crippen LogP contribution in [0.5, 0.6) is 11.5 Å². The minimum Gasteiger partial charge on any atom is -0.497 e. The molecule has 0 aliphatic rings. The van der Waals surface area contributed by atoms with Gasteiger partial charge in [-0.25, -0.2) is 0 Å². The number of para-hydroxylation sites is 2. The lowest BCUT2D eigenvalue weighted by Crippen LogP contribution is -3.08. The number of nitro benzene ring substituents is 1. The molecule has 0 aromatic heterocycles. The van der Waals surface area contributed by atoms with E-state index in [2.05, 4.69) is 5.32 Å². The van der Waals surface area contributed by atoms with Crippen molar-refractivity contribution in [1.29, 1.82) is 0 Å². The van der Waals surface area contributed by atoms with Crippen molar-refractivity contribution in [3.8, 4) is 11.5 Å². The zero-order valence-electron chi connectivity index (χ0n) is 14.9. The molecule has 0 bridgehead atoms. The Morgan fingerprint density at radius 3 is 2.58 bits per heavy atom. The molecule has 8 heteroatoms. The second-order valence-electron chi connectivity index (χ2n) is 5.81. The summed E-state index contributed by atoms with van der Waals surface area (Å²) in [6, 6.07) is 11.6. The number of quaternary nitrogens is 1. The van der Waals surface area contributed by atoms with Gasteiger partial charge in [0.05, 0.1) is 26.2 Å². The van der Waals surface area contributed by atoms with Crippen LogP contribution in [0.4, 0.5) is 11.4 Å². The van der Waals surface area contributed by atoms with Crippen LogP contribution in [0, 0.1) is 10.1 Å². The number of anilines is 1. The average molecular weight is 360 g/mol. The first-order valence-electron chi connectivity index (χ1n) is 8.00. The molecular weight excluding hydrogens is 338 g/mol. The molecule has 0 heterocycles. The second-order valence-corrected chi connectivity index (χ2v) is 5.81. The quantitative estimate of drug-likeness (QED) is 0.546. The van der Waals surface area contributed by atoms with Crippen LogP contribution in [0.25, 0.3) is 0 Å². The summed E-state index contributed by atoms with van der Waals surface area (Å²) < 4.78 is 10.5. The van der Waals surface area contributed by atoms with Crippen molar-refractivity contribution in [3.05, 3.63) is 58.1 Å². The van der Waals surface area contributed by atoms with E-state index in [-0.39, 0.29) is 23.8 Å². The Morgan fingerprint density at radius 1 is 1.19 bits per heavy atom. The summed E-state index contributed by atoms with van der Waals surface area (Å²) in [7, 11) is 5.02. The van der Waals surface area contributed by atoms with Crippen LogP contribution in [-0.2, 0) is 11.3 Å². The molecule has 0 fully saturated rings. The van der Waals surface area contributed by atoms with Crippen molar-refractivity contribution in [2.24, 2.45) is 0 Å². The molecule has 1 atom stereocenters. The number of rotatable bonds is 8. The minimum absolute atomic E-state index is 0.129. The highest BCUT2D eigenvalue weighted by Gasteiger charge is 2.18. The predicted octanol–water partition coefficient (Wildman–Crippen LogP) is 1.27. The number of carbonyl (C=O) groups is 1. The van der Waals surface area contributed by atoms with Crippen LogP contribution in [0.3, 0.4) is 0 Å². The summed E-state index contributed by atoms with van der Waals surface area (Å²) in [4.78, 5) is 23.6. The fourth-order valence-corrected chi connectivity index (χ4v) is 2.59. The average Bonchev–Trinajstić information content (AvgIpc) is 2.62. The number of benzene rings is 2. The standard InChI is InChI=1S/C18H21N3O5/c1-20(11-13-8-9-14(25-2)10-17(13)26-3)12-18(22)19-15-6-4-5-7-16(15)21(23)24/h4-10H,11-12H2,1-3H3,(H,19,22)/p+1. The topological polar surface area (TPSA) is 95.1 Å². The van der Waals surface area contributed by atoms with Gasteiger partial charge >= 0.3 is 0 Å². The van der Waals surface area contributed by atoms with E-state index in [1.807, 2.05) is 19.2 Å². The Kier molecular flexibility index (Phi) is 6.51. The van der Waals surface area contributed by atoms with Gasteiger partial charge in [-0.1, -0.05) is 12.1 Å². The number of nitrogens with one attached hydrogen (secondary N) is 2. The van der Waals surface area contributed by atoms with Crippen molar-refractivity contribution >= 4 is 17.3 Å².